The Labute approximate surface area is 99.2 Å². The highest BCUT2D eigenvalue weighted by Crippen LogP contribution is 2.37. The third kappa shape index (κ3) is 3.32. The molecule has 0 amide bonds. The van der Waals surface area contributed by atoms with E-state index < -0.39 is 10.7 Å². The number of ether oxygens (including phenoxy) is 1. The largest absolute Gasteiger partial charge is 0.500 e. The summed E-state index contributed by atoms with van der Waals surface area (Å²) in [5.41, 5.74) is 6.01. The van der Waals surface area contributed by atoms with Crippen molar-refractivity contribution in [1.29, 1.82) is 0 Å². The lowest BCUT2D eigenvalue weighted by Gasteiger charge is -2.08. The lowest BCUT2D eigenvalue weighted by atomic mass is 10.0. The second-order valence-electron chi connectivity index (χ2n) is 3.94. The second kappa shape index (κ2) is 5.49. The van der Waals surface area contributed by atoms with Gasteiger partial charge in [0.1, 0.15) is 0 Å². The van der Waals surface area contributed by atoms with Gasteiger partial charge in [-0.05, 0) is 31.4 Å². The molecule has 0 spiro atoms. The molecular formula is C11H16N2O4. The molecule has 1 atom stereocenters. The van der Waals surface area contributed by atoms with Crippen LogP contribution in [0.5, 0.6) is 11.5 Å². The van der Waals surface area contributed by atoms with Crippen molar-refractivity contribution in [1.82, 2.24) is 0 Å². The molecule has 3 N–H and O–H groups in total. The maximum Gasteiger partial charge on any atom is 0.314 e. The fraction of sp³-hybridized carbons (Fsp3) is 0.455. The van der Waals surface area contributed by atoms with Crippen molar-refractivity contribution in [2.45, 2.75) is 25.8 Å². The molecular weight excluding hydrogens is 224 g/mol. The number of aryl methyl sites for hydroxylation is 1. The number of aromatic hydroxyl groups is 1. The first kappa shape index (κ1) is 13.2. The van der Waals surface area contributed by atoms with E-state index in [0.717, 1.165) is 5.56 Å². The van der Waals surface area contributed by atoms with Gasteiger partial charge in [0.05, 0.1) is 12.0 Å². The Kier molecular flexibility index (Phi) is 4.28. The summed E-state index contributed by atoms with van der Waals surface area (Å²) in [4.78, 5) is 10.1. The topological polar surface area (TPSA) is 98.6 Å². The van der Waals surface area contributed by atoms with Crippen LogP contribution in [0.2, 0.25) is 0 Å². The maximum absolute atomic E-state index is 10.7. The Morgan fingerprint density at radius 2 is 2.24 bits per heavy atom. The minimum atomic E-state index is -0.632. The summed E-state index contributed by atoms with van der Waals surface area (Å²) in [6.45, 7) is 1.87. The highest BCUT2D eigenvalue weighted by atomic mass is 16.6. The summed E-state index contributed by atoms with van der Waals surface area (Å²) in [5, 5.41) is 20.3. The molecule has 0 heterocycles. The van der Waals surface area contributed by atoms with Crippen LogP contribution in [0.3, 0.4) is 0 Å². The van der Waals surface area contributed by atoms with Crippen LogP contribution in [0, 0.1) is 10.1 Å². The Hall–Kier alpha value is -1.82. The summed E-state index contributed by atoms with van der Waals surface area (Å²) >= 11 is 0. The van der Waals surface area contributed by atoms with Crippen molar-refractivity contribution in [3.05, 3.63) is 27.8 Å². The average molecular weight is 240 g/mol. The van der Waals surface area contributed by atoms with Crippen LogP contribution in [0.4, 0.5) is 5.69 Å². The molecule has 0 aromatic heterocycles. The van der Waals surface area contributed by atoms with Gasteiger partial charge in [-0.3, -0.25) is 10.1 Å². The monoisotopic (exact) mass is 240 g/mol. The number of hydrogen-bond donors (Lipinski definition) is 2. The number of nitrogens with two attached hydrogens (primary N) is 1. The summed E-state index contributed by atoms with van der Waals surface area (Å²) < 4.78 is 4.90. The van der Waals surface area contributed by atoms with Gasteiger partial charge < -0.3 is 15.6 Å². The average Bonchev–Trinajstić information content (AvgIpc) is 2.27. The number of nitro groups is 1. The third-order valence-electron chi connectivity index (χ3n) is 2.42. The van der Waals surface area contributed by atoms with Crippen LogP contribution in [0.1, 0.15) is 18.9 Å². The van der Waals surface area contributed by atoms with Gasteiger partial charge in [0.25, 0.3) is 0 Å². The molecule has 0 fully saturated rings. The molecule has 0 aliphatic heterocycles. The van der Waals surface area contributed by atoms with Gasteiger partial charge in [-0.15, -0.1) is 0 Å². The molecule has 1 aromatic carbocycles. The van der Waals surface area contributed by atoms with Crippen LogP contribution in [0.25, 0.3) is 0 Å². The molecule has 0 unspecified atom stereocenters. The van der Waals surface area contributed by atoms with E-state index in [1.165, 1.54) is 13.2 Å². The van der Waals surface area contributed by atoms with E-state index in [0.29, 0.717) is 12.8 Å². The predicted octanol–water partition coefficient (Wildman–Crippen LogP) is 1.59. The first-order chi connectivity index (χ1) is 7.95. The minimum Gasteiger partial charge on any atom is -0.500 e. The number of benzene rings is 1. The second-order valence-corrected chi connectivity index (χ2v) is 3.94. The van der Waals surface area contributed by atoms with E-state index in [2.05, 4.69) is 0 Å². The number of phenols is 1. The Bertz CT molecular complexity index is 418. The predicted molar refractivity (Wildman–Crippen MR) is 63.3 cm³/mol. The number of nitrogens with zero attached hydrogens (tertiary/aromatic N) is 1. The van der Waals surface area contributed by atoms with Crippen molar-refractivity contribution in [3.63, 3.8) is 0 Å². The lowest BCUT2D eigenvalue weighted by molar-refractivity contribution is -0.386. The molecule has 6 heteroatoms. The number of nitro benzene ring substituents is 1. The van der Waals surface area contributed by atoms with Crippen LogP contribution >= 0.6 is 0 Å². The van der Waals surface area contributed by atoms with Gasteiger partial charge in [0.15, 0.2) is 5.75 Å². The van der Waals surface area contributed by atoms with Gasteiger partial charge in [-0.25, -0.2) is 0 Å². The number of phenolic OH excluding ortho intramolecular Hbond substituents is 1. The van der Waals surface area contributed by atoms with Gasteiger partial charge in [-0.2, -0.15) is 0 Å². The van der Waals surface area contributed by atoms with E-state index in [-0.39, 0.29) is 17.5 Å². The van der Waals surface area contributed by atoms with Crippen LogP contribution < -0.4 is 10.5 Å². The SMILES string of the molecule is COc1cc(CC[C@H](C)N)cc([N+](=O)[O-])c1O. The Balaban J connectivity index is 3.07. The number of methoxy groups -OCH3 is 1. The standard InChI is InChI=1S/C11H16N2O4/c1-7(12)3-4-8-5-9(13(15)16)11(14)10(6-8)17-2/h5-7,14H,3-4,12H2,1-2H3/t7-/m0/s1. The molecule has 0 saturated heterocycles. The molecule has 0 saturated carbocycles. The van der Waals surface area contributed by atoms with E-state index >= 15 is 0 Å². The normalized spacial score (nSPS) is 12.2. The molecule has 0 aliphatic rings. The first-order valence-electron chi connectivity index (χ1n) is 5.25. The van der Waals surface area contributed by atoms with E-state index in [4.69, 9.17) is 10.5 Å². The molecule has 17 heavy (non-hydrogen) atoms. The van der Waals surface area contributed by atoms with Crippen molar-refractivity contribution in [3.8, 4) is 11.5 Å². The van der Waals surface area contributed by atoms with Crippen LogP contribution in [-0.4, -0.2) is 23.2 Å². The van der Waals surface area contributed by atoms with Crippen molar-refractivity contribution in [2.75, 3.05) is 7.11 Å². The third-order valence-corrected chi connectivity index (χ3v) is 2.42. The maximum atomic E-state index is 10.7. The Morgan fingerprint density at radius 1 is 1.59 bits per heavy atom. The fourth-order valence-electron chi connectivity index (χ4n) is 1.48. The minimum absolute atomic E-state index is 0.0221. The van der Waals surface area contributed by atoms with E-state index in [1.54, 1.807) is 6.07 Å². The van der Waals surface area contributed by atoms with Gasteiger partial charge in [0, 0.05) is 12.1 Å². The molecule has 1 rings (SSSR count). The zero-order chi connectivity index (χ0) is 13.0. The molecule has 0 radical (unpaired) electrons. The van der Waals surface area contributed by atoms with Gasteiger partial charge in [-0.1, -0.05) is 0 Å². The molecule has 94 valence electrons. The summed E-state index contributed by atoms with van der Waals surface area (Å²) in [7, 11) is 1.36. The summed E-state index contributed by atoms with van der Waals surface area (Å²) in [5.74, 6) is -0.332. The zero-order valence-corrected chi connectivity index (χ0v) is 9.84. The molecule has 0 aliphatic carbocycles. The zero-order valence-electron chi connectivity index (χ0n) is 9.84. The summed E-state index contributed by atoms with van der Waals surface area (Å²) in [6.07, 6.45) is 1.32. The lowest BCUT2D eigenvalue weighted by Crippen LogP contribution is -2.15. The van der Waals surface area contributed by atoms with Crippen molar-refractivity contribution < 1.29 is 14.8 Å². The van der Waals surface area contributed by atoms with Crippen LogP contribution in [0.15, 0.2) is 12.1 Å². The van der Waals surface area contributed by atoms with E-state index in [9.17, 15) is 15.2 Å². The van der Waals surface area contributed by atoms with Gasteiger partial charge >= 0.3 is 5.69 Å². The molecule has 6 nitrogen and oxygen atoms in total. The highest BCUT2D eigenvalue weighted by molar-refractivity contribution is 5.57. The summed E-state index contributed by atoms with van der Waals surface area (Å²) in [6, 6.07) is 2.96. The number of hydrogen-bond acceptors (Lipinski definition) is 5. The van der Waals surface area contributed by atoms with Crippen molar-refractivity contribution in [2.24, 2.45) is 5.73 Å². The highest BCUT2D eigenvalue weighted by Gasteiger charge is 2.19. The smallest absolute Gasteiger partial charge is 0.314 e. The quantitative estimate of drug-likeness (QED) is 0.601. The van der Waals surface area contributed by atoms with Crippen molar-refractivity contribution >= 4 is 5.69 Å². The molecule has 0 bridgehead atoms. The Morgan fingerprint density at radius 3 is 2.71 bits per heavy atom. The van der Waals surface area contributed by atoms with E-state index in [1.807, 2.05) is 6.92 Å². The molecule has 1 aromatic rings. The number of rotatable bonds is 5. The first-order valence-corrected chi connectivity index (χ1v) is 5.25. The fourth-order valence-corrected chi connectivity index (χ4v) is 1.48. The van der Waals surface area contributed by atoms with Crippen LogP contribution in [-0.2, 0) is 6.42 Å². The van der Waals surface area contributed by atoms with Gasteiger partial charge in [0.2, 0.25) is 5.75 Å².